The maximum atomic E-state index is 5.72. The second-order valence-corrected chi connectivity index (χ2v) is 5.19. The predicted octanol–water partition coefficient (Wildman–Crippen LogP) is 3.53. The number of aryl methyl sites for hydroxylation is 2. The van der Waals surface area contributed by atoms with Gasteiger partial charge in [-0.2, -0.15) is 0 Å². The van der Waals surface area contributed by atoms with Crippen molar-refractivity contribution in [1.29, 1.82) is 0 Å². The number of rotatable bonds is 7. The highest BCUT2D eigenvalue weighted by molar-refractivity contribution is 5.30. The fourth-order valence-corrected chi connectivity index (χ4v) is 2.50. The van der Waals surface area contributed by atoms with E-state index in [0.717, 1.165) is 18.6 Å². The Kier molecular flexibility index (Phi) is 5.78. The summed E-state index contributed by atoms with van der Waals surface area (Å²) in [6.07, 6.45) is 1.98. The van der Waals surface area contributed by atoms with Crippen molar-refractivity contribution in [2.75, 3.05) is 6.61 Å². The molecule has 1 unspecified atom stereocenters. The molecule has 0 amide bonds. The molecule has 0 fully saturated rings. The fraction of sp³-hybridized carbons (Fsp3) is 0.333. The highest BCUT2D eigenvalue weighted by Crippen LogP contribution is 2.22. The lowest BCUT2D eigenvalue weighted by Gasteiger charge is -2.17. The number of hydrogen-bond acceptors (Lipinski definition) is 3. The number of hydrogen-bond donors (Lipinski definition) is 2. The first-order valence-electron chi connectivity index (χ1n) is 7.48. The van der Waals surface area contributed by atoms with E-state index >= 15 is 0 Å². The molecule has 0 heterocycles. The molecule has 112 valence electrons. The van der Waals surface area contributed by atoms with Crippen molar-refractivity contribution in [3.05, 3.63) is 65.2 Å². The van der Waals surface area contributed by atoms with E-state index in [1.807, 2.05) is 19.1 Å². The van der Waals surface area contributed by atoms with Crippen LogP contribution in [0.1, 0.15) is 36.1 Å². The van der Waals surface area contributed by atoms with Gasteiger partial charge in [0.2, 0.25) is 0 Å². The van der Waals surface area contributed by atoms with Crippen molar-refractivity contribution in [1.82, 2.24) is 5.43 Å². The predicted molar refractivity (Wildman–Crippen MR) is 87.2 cm³/mol. The molecular formula is C18H24N2O. The maximum absolute atomic E-state index is 5.72. The van der Waals surface area contributed by atoms with Gasteiger partial charge < -0.3 is 4.74 Å². The molecule has 0 aliphatic rings. The number of nitrogens with one attached hydrogen (secondary N) is 1. The highest BCUT2D eigenvalue weighted by Gasteiger charge is 2.10. The average Bonchev–Trinajstić information content (AvgIpc) is 2.51. The van der Waals surface area contributed by atoms with Crippen LogP contribution >= 0.6 is 0 Å². The first-order chi connectivity index (χ1) is 10.2. The molecule has 0 aliphatic heterocycles. The van der Waals surface area contributed by atoms with Gasteiger partial charge in [-0.15, -0.1) is 0 Å². The minimum atomic E-state index is 0.153. The standard InChI is InChI=1S/C18H24N2O/c1-3-21-17-11-8-16(9-12-17)18(20-19)13-10-15-7-5-4-6-14(15)2/h4-9,11-12,18,20H,3,10,13,19H2,1-2H3. The molecular weight excluding hydrogens is 260 g/mol. The van der Waals surface area contributed by atoms with Gasteiger partial charge in [0.15, 0.2) is 0 Å². The van der Waals surface area contributed by atoms with Crippen LogP contribution in [0.4, 0.5) is 0 Å². The Hall–Kier alpha value is -1.84. The Morgan fingerprint density at radius 2 is 1.81 bits per heavy atom. The van der Waals surface area contributed by atoms with Crippen LogP contribution in [0.3, 0.4) is 0 Å². The van der Waals surface area contributed by atoms with Crippen LogP contribution in [0.25, 0.3) is 0 Å². The van der Waals surface area contributed by atoms with E-state index in [1.165, 1.54) is 16.7 Å². The summed E-state index contributed by atoms with van der Waals surface area (Å²) in [6.45, 7) is 4.82. The van der Waals surface area contributed by atoms with Gasteiger partial charge in [-0.25, -0.2) is 0 Å². The number of nitrogens with two attached hydrogens (primary N) is 1. The molecule has 21 heavy (non-hydrogen) atoms. The lowest BCUT2D eigenvalue weighted by atomic mass is 9.97. The zero-order valence-electron chi connectivity index (χ0n) is 12.8. The summed E-state index contributed by atoms with van der Waals surface area (Å²) in [6, 6.07) is 16.8. The Morgan fingerprint density at radius 1 is 1.10 bits per heavy atom. The monoisotopic (exact) mass is 284 g/mol. The molecule has 1 atom stereocenters. The molecule has 0 spiro atoms. The molecule has 0 radical (unpaired) electrons. The minimum absolute atomic E-state index is 0.153. The van der Waals surface area contributed by atoms with E-state index < -0.39 is 0 Å². The second-order valence-electron chi connectivity index (χ2n) is 5.19. The molecule has 2 aromatic rings. The van der Waals surface area contributed by atoms with Crippen LogP contribution in [0.2, 0.25) is 0 Å². The molecule has 0 aromatic heterocycles. The van der Waals surface area contributed by atoms with Crippen LogP contribution in [-0.4, -0.2) is 6.61 Å². The molecule has 0 aliphatic carbocycles. The van der Waals surface area contributed by atoms with Crippen LogP contribution in [0.5, 0.6) is 5.75 Å². The topological polar surface area (TPSA) is 47.3 Å². The van der Waals surface area contributed by atoms with Crippen molar-refractivity contribution in [2.45, 2.75) is 32.7 Å². The Morgan fingerprint density at radius 3 is 2.43 bits per heavy atom. The van der Waals surface area contributed by atoms with E-state index in [1.54, 1.807) is 0 Å². The number of benzene rings is 2. The average molecular weight is 284 g/mol. The third-order valence-electron chi connectivity index (χ3n) is 3.76. The number of hydrazine groups is 1. The molecule has 3 nitrogen and oxygen atoms in total. The fourth-order valence-electron chi connectivity index (χ4n) is 2.50. The van der Waals surface area contributed by atoms with Crippen molar-refractivity contribution >= 4 is 0 Å². The minimum Gasteiger partial charge on any atom is -0.494 e. The molecule has 2 aromatic carbocycles. The third kappa shape index (κ3) is 4.31. The number of ether oxygens (including phenoxy) is 1. The molecule has 0 saturated carbocycles. The first-order valence-corrected chi connectivity index (χ1v) is 7.48. The normalized spacial score (nSPS) is 12.1. The van der Waals surface area contributed by atoms with Gasteiger partial charge >= 0.3 is 0 Å². The lowest BCUT2D eigenvalue weighted by molar-refractivity contribution is 0.340. The van der Waals surface area contributed by atoms with Crippen LogP contribution in [0.15, 0.2) is 48.5 Å². The second kappa shape index (κ2) is 7.81. The SMILES string of the molecule is CCOc1ccc(C(CCc2ccccc2C)NN)cc1. The van der Waals surface area contributed by atoms with Gasteiger partial charge in [-0.05, 0) is 55.5 Å². The molecule has 0 bridgehead atoms. The maximum Gasteiger partial charge on any atom is 0.119 e. The zero-order chi connectivity index (χ0) is 15.1. The lowest BCUT2D eigenvalue weighted by Crippen LogP contribution is -2.28. The van der Waals surface area contributed by atoms with Crippen LogP contribution in [-0.2, 0) is 6.42 Å². The summed E-state index contributed by atoms with van der Waals surface area (Å²) in [5.41, 5.74) is 6.82. The van der Waals surface area contributed by atoms with Crippen LogP contribution in [0, 0.1) is 6.92 Å². The van der Waals surface area contributed by atoms with E-state index in [9.17, 15) is 0 Å². The van der Waals surface area contributed by atoms with Gasteiger partial charge in [-0.3, -0.25) is 11.3 Å². The van der Waals surface area contributed by atoms with E-state index in [2.05, 4.69) is 48.7 Å². The smallest absolute Gasteiger partial charge is 0.119 e. The van der Waals surface area contributed by atoms with Crippen molar-refractivity contribution < 1.29 is 4.74 Å². The quantitative estimate of drug-likeness (QED) is 0.604. The van der Waals surface area contributed by atoms with E-state index in [-0.39, 0.29) is 6.04 Å². The Balaban J connectivity index is 2.01. The van der Waals surface area contributed by atoms with Gasteiger partial charge in [0.05, 0.1) is 6.61 Å². The van der Waals surface area contributed by atoms with Gasteiger partial charge in [0.25, 0.3) is 0 Å². The summed E-state index contributed by atoms with van der Waals surface area (Å²) in [7, 11) is 0. The summed E-state index contributed by atoms with van der Waals surface area (Å²) >= 11 is 0. The summed E-state index contributed by atoms with van der Waals surface area (Å²) in [4.78, 5) is 0. The molecule has 3 heteroatoms. The largest absolute Gasteiger partial charge is 0.494 e. The summed E-state index contributed by atoms with van der Waals surface area (Å²) in [5, 5.41) is 0. The molecule has 3 N–H and O–H groups in total. The van der Waals surface area contributed by atoms with Crippen molar-refractivity contribution in [3.8, 4) is 5.75 Å². The van der Waals surface area contributed by atoms with Gasteiger partial charge in [0.1, 0.15) is 5.75 Å². The summed E-state index contributed by atoms with van der Waals surface area (Å²) < 4.78 is 5.47. The Labute approximate surface area is 127 Å². The van der Waals surface area contributed by atoms with Crippen molar-refractivity contribution in [3.63, 3.8) is 0 Å². The highest BCUT2D eigenvalue weighted by atomic mass is 16.5. The van der Waals surface area contributed by atoms with E-state index in [4.69, 9.17) is 10.6 Å². The Bertz CT molecular complexity index is 551. The van der Waals surface area contributed by atoms with E-state index in [0.29, 0.717) is 6.61 Å². The van der Waals surface area contributed by atoms with Gasteiger partial charge in [0, 0.05) is 6.04 Å². The first kappa shape index (κ1) is 15.5. The zero-order valence-corrected chi connectivity index (χ0v) is 12.8. The van der Waals surface area contributed by atoms with Crippen molar-refractivity contribution in [2.24, 2.45) is 5.84 Å². The molecule has 2 rings (SSSR count). The third-order valence-corrected chi connectivity index (χ3v) is 3.76. The summed E-state index contributed by atoms with van der Waals surface area (Å²) in [5.74, 6) is 6.62. The molecule has 0 saturated heterocycles. The van der Waals surface area contributed by atoms with Gasteiger partial charge in [-0.1, -0.05) is 36.4 Å². The van der Waals surface area contributed by atoms with Crippen LogP contribution < -0.4 is 16.0 Å².